The zero-order valence-corrected chi connectivity index (χ0v) is 13.4. The lowest BCUT2D eigenvalue weighted by Crippen LogP contribution is -2.48. The number of carboxylic acids is 1. The minimum Gasteiger partial charge on any atom is -0.480 e. The lowest BCUT2D eigenvalue weighted by Gasteiger charge is -2.25. The largest absolute Gasteiger partial charge is 0.480 e. The van der Waals surface area contributed by atoms with Gasteiger partial charge in [0, 0.05) is 8.07 Å². The molecule has 2 unspecified atom stereocenters. The zero-order valence-electron chi connectivity index (χ0n) is 12.4. The number of hydrogen-bond acceptors (Lipinski definition) is 4. The van der Waals surface area contributed by atoms with Crippen LogP contribution in [0.15, 0.2) is 0 Å². The summed E-state index contributed by atoms with van der Waals surface area (Å²) in [5, 5.41) is 12.2. The summed E-state index contributed by atoms with van der Waals surface area (Å²) in [7, 11) is -1.56. The molecule has 0 spiro atoms. The van der Waals surface area contributed by atoms with E-state index in [2.05, 4.69) is 18.4 Å². The molecule has 0 radical (unpaired) electrons. The van der Waals surface area contributed by atoms with Crippen LogP contribution >= 0.6 is 0 Å². The van der Waals surface area contributed by atoms with Crippen molar-refractivity contribution in [2.45, 2.75) is 70.1 Å². The molecule has 1 aliphatic rings. The van der Waals surface area contributed by atoms with Gasteiger partial charge in [-0.2, -0.15) is 0 Å². The molecule has 1 heterocycles. The van der Waals surface area contributed by atoms with Crippen LogP contribution in [0.4, 0.5) is 0 Å². The van der Waals surface area contributed by atoms with Gasteiger partial charge in [-0.15, -0.1) is 0 Å². The van der Waals surface area contributed by atoms with Crippen molar-refractivity contribution in [2.75, 3.05) is 0 Å². The predicted octanol–water partition coefficient (Wildman–Crippen LogP) is 1.85. The first kappa shape index (κ1) is 16.2. The summed E-state index contributed by atoms with van der Waals surface area (Å²) < 4.78 is 5.35. The van der Waals surface area contributed by atoms with E-state index in [9.17, 15) is 14.7 Å². The second kappa shape index (κ2) is 5.62. The van der Waals surface area contributed by atoms with Gasteiger partial charge in [0.1, 0.15) is 17.7 Å². The Balaban J connectivity index is 2.79. The lowest BCUT2D eigenvalue weighted by molar-refractivity contribution is -0.158. The Morgan fingerprint density at radius 3 is 2.32 bits per heavy atom. The van der Waals surface area contributed by atoms with Gasteiger partial charge < -0.3 is 9.84 Å². The third-order valence-electron chi connectivity index (χ3n) is 3.26. The molecule has 0 aromatic carbocycles. The summed E-state index contributed by atoms with van der Waals surface area (Å²) in [6.07, 6.45) is 0.665. The molecule has 19 heavy (non-hydrogen) atoms. The maximum Gasteiger partial charge on any atom is 0.323 e. The average molecular weight is 287 g/mol. The number of ether oxygens (including phenoxy) is 1. The van der Waals surface area contributed by atoms with Gasteiger partial charge in [0.25, 0.3) is 0 Å². The van der Waals surface area contributed by atoms with Crippen molar-refractivity contribution in [3.05, 3.63) is 0 Å². The van der Waals surface area contributed by atoms with E-state index in [1.807, 2.05) is 20.8 Å². The van der Waals surface area contributed by atoms with Gasteiger partial charge in [-0.3, -0.25) is 14.9 Å². The molecule has 0 bridgehead atoms. The van der Waals surface area contributed by atoms with Crippen LogP contribution in [0.2, 0.25) is 25.2 Å². The summed E-state index contributed by atoms with van der Waals surface area (Å²) >= 11 is 0. The molecule has 2 atom stereocenters. The zero-order chi connectivity index (χ0) is 14.8. The van der Waals surface area contributed by atoms with Crippen LogP contribution in [0.25, 0.3) is 0 Å². The van der Waals surface area contributed by atoms with Gasteiger partial charge in [0.05, 0.1) is 0 Å². The number of hydrogen-bond donors (Lipinski definition) is 2. The van der Waals surface area contributed by atoms with Crippen LogP contribution in [0.5, 0.6) is 0 Å². The molecule has 1 aliphatic heterocycles. The number of carbonyl (C=O) groups is 2. The quantitative estimate of drug-likeness (QED) is 0.599. The predicted molar refractivity (Wildman–Crippen MR) is 75.9 cm³/mol. The summed E-state index contributed by atoms with van der Waals surface area (Å²) in [5.74, 6) is -1.22. The molecule has 0 aromatic rings. The number of carboxylic acid groups (broad SMARTS) is 1. The number of nitrogens with one attached hydrogen (secondary N) is 1. The fourth-order valence-electron chi connectivity index (χ4n) is 2.29. The van der Waals surface area contributed by atoms with Crippen LogP contribution in [0.3, 0.4) is 0 Å². The SMILES string of the molecule is CC(C)(C)OC(=O)C1CC[Si](C)(C)CC(C(=O)O)N1. The first-order chi connectivity index (χ1) is 8.50. The van der Waals surface area contributed by atoms with E-state index in [0.717, 1.165) is 6.04 Å². The Morgan fingerprint density at radius 1 is 1.26 bits per heavy atom. The van der Waals surface area contributed by atoms with Gasteiger partial charge in [-0.05, 0) is 33.2 Å². The van der Waals surface area contributed by atoms with E-state index >= 15 is 0 Å². The fourth-order valence-corrected chi connectivity index (χ4v) is 4.96. The van der Waals surface area contributed by atoms with Crippen LogP contribution < -0.4 is 5.32 Å². The molecular weight excluding hydrogens is 262 g/mol. The van der Waals surface area contributed by atoms with Crippen LogP contribution in [0.1, 0.15) is 27.2 Å². The Kier molecular flexibility index (Phi) is 4.79. The standard InChI is InChI=1S/C13H25NO4Si/c1-13(2,3)18-12(17)9-6-7-19(4,5)8-10(14-9)11(15)16/h9-10,14H,6-8H2,1-5H3,(H,15,16). The highest BCUT2D eigenvalue weighted by Gasteiger charge is 2.38. The Hall–Kier alpha value is -0.883. The molecule has 0 aliphatic carbocycles. The Labute approximate surface area is 115 Å². The summed E-state index contributed by atoms with van der Waals surface area (Å²) in [5.41, 5.74) is -0.545. The van der Waals surface area contributed by atoms with Gasteiger partial charge in [0.2, 0.25) is 0 Å². The molecule has 0 amide bonds. The molecule has 1 saturated heterocycles. The maximum absolute atomic E-state index is 12.1. The highest BCUT2D eigenvalue weighted by Crippen LogP contribution is 2.25. The minimum atomic E-state index is -1.56. The van der Waals surface area contributed by atoms with Crippen molar-refractivity contribution < 1.29 is 19.4 Å². The second-order valence-electron chi connectivity index (χ2n) is 7.05. The van der Waals surface area contributed by atoms with Crippen molar-refractivity contribution in [1.29, 1.82) is 0 Å². The van der Waals surface area contributed by atoms with E-state index in [-0.39, 0.29) is 5.97 Å². The van der Waals surface area contributed by atoms with Crippen LogP contribution in [0, 0.1) is 0 Å². The lowest BCUT2D eigenvalue weighted by atomic mass is 10.1. The molecule has 0 saturated carbocycles. The average Bonchev–Trinajstić information content (AvgIpc) is 2.34. The summed E-state index contributed by atoms with van der Waals surface area (Å²) in [6.45, 7) is 9.78. The molecule has 110 valence electrons. The Bertz CT molecular complexity index is 362. The van der Waals surface area contributed by atoms with E-state index in [0.29, 0.717) is 12.5 Å². The third kappa shape index (κ3) is 5.32. The number of carbonyl (C=O) groups excluding carboxylic acids is 1. The molecule has 5 nitrogen and oxygen atoms in total. The molecule has 0 aromatic heterocycles. The number of aliphatic carboxylic acids is 1. The molecule has 6 heteroatoms. The van der Waals surface area contributed by atoms with Crippen molar-refractivity contribution in [2.24, 2.45) is 0 Å². The van der Waals surface area contributed by atoms with Gasteiger partial charge in [-0.1, -0.05) is 19.1 Å². The summed E-state index contributed by atoms with van der Waals surface area (Å²) in [6, 6.07) is 0.450. The third-order valence-corrected chi connectivity index (χ3v) is 6.41. The van der Waals surface area contributed by atoms with E-state index in [4.69, 9.17) is 4.74 Å². The minimum absolute atomic E-state index is 0.342. The molecule has 2 N–H and O–H groups in total. The maximum atomic E-state index is 12.1. The highest BCUT2D eigenvalue weighted by atomic mass is 28.3. The van der Waals surface area contributed by atoms with Crippen molar-refractivity contribution >= 4 is 20.0 Å². The first-order valence-electron chi connectivity index (χ1n) is 6.72. The van der Waals surface area contributed by atoms with Crippen molar-refractivity contribution in [3.63, 3.8) is 0 Å². The van der Waals surface area contributed by atoms with Gasteiger partial charge in [-0.25, -0.2) is 0 Å². The van der Waals surface area contributed by atoms with Crippen molar-refractivity contribution in [3.8, 4) is 0 Å². The summed E-state index contributed by atoms with van der Waals surface area (Å²) in [4.78, 5) is 23.3. The van der Waals surface area contributed by atoms with Crippen LogP contribution in [-0.4, -0.2) is 42.8 Å². The Morgan fingerprint density at radius 2 is 1.84 bits per heavy atom. The number of rotatable bonds is 2. The molecule has 1 rings (SSSR count). The topological polar surface area (TPSA) is 75.6 Å². The normalized spacial score (nSPS) is 27.4. The van der Waals surface area contributed by atoms with Gasteiger partial charge in [0.15, 0.2) is 0 Å². The highest BCUT2D eigenvalue weighted by molar-refractivity contribution is 6.77. The van der Waals surface area contributed by atoms with Crippen LogP contribution in [-0.2, 0) is 14.3 Å². The van der Waals surface area contributed by atoms with E-state index in [1.165, 1.54) is 0 Å². The smallest absolute Gasteiger partial charge is 0.323 e. The van der Waals surface area contributed by atoms with Crippen molar-refractivity contribution in [1.82, 2.24) is 5.32 Å². The first-order valence-corrected chi connectivity index (χ1v) is 10.1. The monoisotopic (exact) mass is 287 g/mol. The number of esters is 1. The van der Waals surface area contributed by atoms with E-state index in [1.54, 1.807) is 0 Å². The fraction of sp³-hybridized carbons (Fsp3) is 0.846. The van der Waals surface area contributed by atoms with E-state index < -0.39 is 31.7 Å². The molecular formula is C13H25NO4Si. The second-order valence-corrected chi connectivity index (χ2v) is 12.3. The van der Waals surface area contributed by atoms with Gasteiger partial charge >= 0.3 is 11.9 Å². The molecule has 1 fully saturated rings.